The number of rotatable bonds is 8. The number of hydrogen-bond donors (Lipinski definition) is 0. The zero-order valence-electron chi connectivity index (χ0n) is 26.5. The van der Waals surface area contributed by atoms with Gasteiger partial charge in [0.25, 0.3) is 11.5 Å². The molecule has 0 fully saturated rings. The number of allylic oxidation sites excluding steroid dienone is 1. The molecular formula is C36H32ClN3O6S. The standard InChI is InChI=1S/C36H32ClN3O6S/c1-6-39(7-2)34(42)30-20(3)38-36-40(32(30)31-24-11-9-8-10-21(24)13-16-28(31)44-4)33(41)29(47-36)19-23-14-17-27(46-23)22-12-15-26(37)25(18-22)35(43)45-5/h8-19,32H,6-7H2,1-5H3/b29-19+/t32-/m1/s1. The van der Waals surface area contributed by atoms with Gasteiger partial charge in [0.15, 0.2) is 4.80 Å². The van der Waals surface area contributed by atoms with Crippen molar-refractivity contribution in [3.63, 3.8) is 0 Å². The van der Waals surface area contributed by atoms with Gasteiger partial charge in [-0.05, 0) is 67.9 Å². The second-order valence-corrected chi connectivity index (χ2v) is 12.3. The van der Waals surface area contributed by atoms with Crippen molar-refractivity contribution < 1.29 is 23.5 Å². The second kappa shape index (κ2) is 13.1. The van der Waals surface area contributed by atoms with Crippen molar-refractivity contribution in [1.82, 2.24) is 9.47 Å². The van der Waals surface area contributed by atoms with E-state index in [1.165, 1.54) is 18.4 Å². The third-order valence-corrected chi connectivity index (χ3v) is 9.60. The van der Waals surface area contributed by atoms with Crippen LogP contribution in [-0.2, 0) is 9.53 Å². The zero-order valence-corrected chi connectivity index (χ0v) is 28.1. The molecule has 3 heterocycles. The van der Waals surface area contributed by atoms with Crippen molar-refractivity contribution in [2.45, 2.75) is 26.8 Å². The Hall–Kier alpha value is -4.93. The van der Waals surface area contributed by atoms with Crippen LogP contribution in [0, 0.1) is 0 Å². The van der Waals surface area contributed by atoms with Gasteiger partial charge < -0.3 is 18.8 Å². The molecule has 240 valence electrons. The SMILES string of the molecule is CCN(CC)C(=O)C1=C(C)N=c2s/c(=C/c3ccc(-c4ccc(Cl)c(C(=O)OC)c4)o3)c(=O)n2[C@H]1c1c(OC)ccc2ccccc12. The van der Waals surface area contributed by atoms with E-state index in [9.17, 15) is 14.4 Å². The number of benzene rings is 3. The fourth-order valence-electron chi connectivity index (χ4n) is 5.94. The number of carbonyl (C=O) groups excluding carboxylic acids is 2. The van der Waals surface area contributed by atoms with Gasteiger partial charge in [-0.25, -0.2) is 9.79 Å². The maximum absolute atomic E-state index is 14.4. The first kappa shape index (κ1) is 32.0. The molecule has 3 aromatic carbocycles. The van der Waals surface area contributed by atoms with E-state index in [-0.39, 0.29) is 22.1 Å². The number of thiazole rings is 1. The number of carbonyl (C=O) groups is 2. The van der Waals surface area contributed by atoms with Crippen LogP contribution in [0.1, 0.15) is 48.5 Å². The lowest BCUT2D eigenvalue weighted by atomic mass is 9.90. The summed E-state index contributed by atoms with van der Waals surface area (Å²) in [5.41, 5.74) is 2.20. The predicted octanol–water partition coefficient (Wildman–Crippen LogP) is 5.97. The molecule has 0 saturated heterocycles. The average Bonchev–Trinajstić information content (AvgIpc) is 3.67. The van der Waals surface area contributed by atoms with Gasteiger partial charge in [0, 0.05) is 30.3 Å². The molecule has 1 atom stereocenters. The van der Waals surface area contributed by atoms with Crippen LogP contribution >= 0.6 is 22.9 Å². The number of nitrogens with zero attached hydrogens (tertiary/aromatic N) is 3. The van der Waals surface area contributed by atoms with Crippen molar-refractivity contribution in [2.75, 3.05) is 27.3 Å². The molecule has 9 nitrogen and oxygen atoms in total. The van der Waals surface area contributed by atoms with E-state index in [4.69, 9.17) is 30.5 Å². The molecule has 0 radical (unpaired) electrons. The summed E-state index contributed by atoms with van der Waals surface area (Å²) in [5.74, 6) is 0.723. The van der Waals surface area contributed by atoms with Gasteiger partial charge in [-0.2, -0.15) is 0 Å². The van der Waals surface area contributed by atoms with Crippen LogP contribution in [0.4, 0.5) is 0 Å². The Morgan fingerprint density at radius 1 is 1.06 bits per heavy atom. The van der Waals surface area contributed by atoms with Crippen LogP contribution in [-0.4, -0.2) is 48.7 Å². The van der Waals surface area contributed by atoms with Gasteiger partial charge in [0.05, 0.1) is 40.6 Å². The lowest BCUT2D eigenvalue weighted by Gasteiger charge is -2.30. The Morgan fingerprint density at radius 3 is 2.55 bits per heavy atom. The number of halogens is 1. The van der Waals surface area contributed by atoms with Crippen LogP contribution in [0.3, 0.4) is 0 Å². The highest BCUT2D eigenvalue weighted by Crippen LogP contribution is 2.40. The molecule has 2 aromatic heterocycles. The number of fused-ring (bicyclic) bond motifs is 2. The smallest absolute Gasteiger partial charge is 0.339 e. The molecule has 1 aliphatic heterocycles. The van der Waals surface area contributed by atoms with Crippen LogP contribution in [0.5, 0.6) is 5.75 Å². The molecule has 0 aliphatic carbocycles. The molecule has 1 aliphatic rings. The van der Waals surface area contributed by atoms with Gasteiger partial charge in [0.2, 0.25) is 0 Å². The number of ether oxygens (including phenoxy) is 2. The maximum Gasteiger partial charge on any atom is 0.339 e. The fourth-order valence-corrected chi connectivity index (χ4v) is 7.17. The molecule has 11 heteroatoms. The van der Waals surface area contributed by atoms with Gasteiger partial charge in [-0.3, -0.25) is 14.2 Å². The Bertz CT molecular complexity index is 2260. The summed E-state index contributed by atoms with van der Waals surface area (Å²) in [4.78, 5) is 47.7. The Balaban J connectivity index is 1.54. The van der Waals surface area contributed by atoms with Gasteiger partial charge in [-0.1, -0.05) is 53.3 Å². The van der Waals surface area contributed by atoms with Crippen molar-refractivity contribution in [2.24, 2.45) is 4.99 Å². The number of furan rings is 1. The molecule has 0 spiro atoms. The monoisotopic (exact) mass is 669 g/mol. The van der Waals surface area contributed by atoms with Crippen molar-refractivity contribution in [3.05, 3.63) is 120 Å². The lowest BCUT2D eigenvalue weighted by molar-refractivity contribution is -0.127. The molecular weight excluding hydrogens is 638 g/mol. The largest absolute Gasteiger partial charge is 0.496 e. The highest BCUT2D eigenvalue weighted by atomic mass is 35.5. The Labute approximate surface area is 279 Å². The molecule has 0 saturated carbocycles. The number of aromatic nitrogens is 1. The lowest BCUT2D eigenvalue weighted by Crippen LogP contribution is -2.43. The minimum Gasteiger partial charge on any atom is -0.496 e. The van der Waals surface area contributed by atoms with Crippen molar-refractivity contribution in [3.8, 4) is 17.1 Å². The minimum atomic E-state index is -0.791. The maximum atomic E-state index is 14.4. The Kier molecular flexibility index (Phi) is 8.90. The van der Waals surface area contributed by atoms with Crippen molar-refractivity contribution >= 4 is 51.7 Å². The fraction of sp³-hybridized carbons (Fsp3) is 0.222. The number of hydrogen-bond acceptors (Lipinski definition) is 8. The molecule has 5 aromatic rings. The van der Waals surface area contributed by atoms with E-state index in [1.54, 1.807) is 53.0 Å². The van der Waals surface area contributed by atoms with E-state index in [2.05, 4.69) is 0 Å². The van der Waals surface area contributed by atoms with Gasteiger partial charge >= 0.3 is 5.97 Å². The molecule has 1 amide bonds. The number of methoxy groups -OCH3 is 2. The predicted molar refractivity (Wildman–Crippen MR) is 183 cm³/mol. The zero-order chi connectivity index (χ0) is 33.4. The van der Waals surface area contributed by atoms with Crippen LogP contribution < -0.4 is 19.6 Å². The number of amides is 1. The van der Waals surface area contributed by atoms with Crippen LogP contribution in [0.2, 0.25) is 5.02 Å². The van der Waals surface area contributed by atoms with Gasteiger partial charge in [0.1, 0.15) is 23.3 Å². The van der Waals surface area contributed by atoms with E-state index in [1.807, 2.05) is 57.2 Å². The minimum absolute atomic E-state index is 0.185. The summed E-state index contributed by atoms with van der Waals surface area (Å²) >= 11 is 7.42. The van der Waals surface area contributed by atoms with Gasteiger partial charge in [-0.15, -0.1) is 0 Å². The molecule has 0 N–H and O–H groups in total. The third kappa shape index (κ3) is 5.68. The molecule has 47 heavy (non-hydrogen) atoms. The molecule has 0 bridgehead atoms. The first-order valence-electron chi connectivity index (χ1n) is 15.1. The first-order valence-corrected chi connectivity index (χ1v) is 16.3. The summed E-state index contributed by atoms with van der Waals surface area (Å²) < 4.78 is 18.8. The summed E-state index contributed by atoms with van der Waals surface area (Å²) in [6.07, 6.45) is 1.66. The summed E-state index contributed by atoms with van der Waals surface area (Å²) in [6, 6.07) is 19.3. The normalized spacial score (nSPS) is 14.6. The van der Waals surface area contributed by atoms with E-state index >= 15 is 0 Å². The van der Waals surface area contributed by atoms with E-state index in [0.29, 0.717) is 62.1 Å². The van der Waals surface area contributed by atoms with E-state index < -0.39 is 12.0 Å². The third-order valence-electron chi connectivity index (χ3n) is 8.28. The van der Waals surface area contributed by atoms with Crippen molar-refractivity contribution in [1.29, 1.82) is 0 Å². The highest BCUT2D eigenvalue weighted by Gasteiger charge is 2.36. The number of esters is 1. The quantitative estimate of drug-likeness (QED) is 0.189. The van der Waals surface area contributed by atoms with Crippen LogP contribution in [0.25, 0.3) is 28.2 Å². The average molecular weight is 670 g/mol. The summed E-state index contributed by atoms with van der Waals surface area (Å²) in [6.45, 7) is 6.68. The Morgan fingerprint density at radius 2 is 1.83 bits per heavy atom. The first-order chi connectivity index (χ1) is 22.7. The summed E-state index contributed by atoms with van der Waals surface area (Å²) in [5, 5.41) is 2.09. The summed E-state index contributed by atoms with van der Waals surface area (Å²) in [7, 11) is 2.88. The van der Waals surface area contributed by atoms with E-state index in [0.717, 1.165) is 10.8 Å². The highest BCUT2D eigenvalue weighted by molar-refractivity contribution is 7.07. The number of likely N-dealkylation sites (N-methyl/N-ethyl adjacent to an activating group) is 1. The topological polar surface area (TPSA) is 103 Å². The molecule has 0 unspecified atom stereocenters. The second-order valence-electron chi connectivity index (χ2n) is 10.9. The van der Waals surface area contributed by atoms with Crippen LogP contribution in [0.15, 0.2) is 92.2 Å². The molecule has 6 rings (SSSR count).